The summed E-state index contributed by atoms with van der Waals surface area (Å²) < 4.78 is 5.12. The van der Waals surface area contributed by atoms with Gasteiger partial charge in [-0.3, -0.25) is 9.78 Å². The van der Waals surface area contributed by atoms with Crippen molar-refractivity contribution in [1.82, 2.24) is 14.9 Å². The lowest BCUT2D eigenvalue weighted by Gasteiger charge is -2.35. The van der Waals surface area contributed by atoms with Gasteiger partial charge in [0.05, 0.1) is 23.9 Å². The third kappa shape index (κ3) is 3.36. The largest absolute Gasteiger partial charge is 0.462 e. The Labute approximate surface area is 153 Å². The molecular weight excluding hydrogens is 330 g/mol. The fourth-order valence-corrected chi connectivity index (χ4v) is 3.67. The van der Waals surface area contributed by atoms with Crippen molar-refractivity contribution >= 4 is 11.9 Å². The van der Waals surface area contributed by atoms with E-state index in [9.17, 15) is 9.59 Å². The Morgan fingerprint density at radius 2 is 2.12 bits per heavy atom. The number of aromatic nitrogens is 2. The van der Waals surface area contributed by atoms with E-state index in [0.29, 0.717) is 35.7 Å². The van der Waals surface area contributed by atoms with Gasteiger partial charge in [-0.05, 0) is 57.7 Å². The number of carbonyl (C=O) groups excluding carboxylic acids is 2. The average molecular weight is 355 g/mol. The number of hydrogen-bond donors (Lipinski definition) is 1. The lowest BCUT2D eigenvalue weighted by Crippen LogP contribution is -2.39. The van der Waals surface area contributed by atoms with E-state index < -0.39 is 5.97 Å². The second-order valence-electron chi connectivity index (χ2n) is 6.61. The van der Waals surface area contributed by atoms with Crippen molar-refractivity contribution in [2.24, 2.45) is 0 Å². The summed E-state index contributed by atoms with van der Waals surface area (Å²) in [7, 11) is 0. The summed E-state index contributed by atoms with van der Waals surface area (Å²) in [6.45, 7) is 6.35. The zero-order chi connectivity index (χ0) is 18.7. The number of rotatable bonds is 4. The van der Waals surface area contributed by atoms with E-state index >= 15 is 0 Å². The maximum atomic E-state index is 13.3. The lowest BCUT2D eigenvalue weighted by molar-refractivity contribution is 0.0525. The highest BCUT2D eigenvalue weighted by atomic mass is 16.5. The Kier molecular flexibility index (Phi) is 5.40. The van der Waals surface area contributed by atoms with Crippen molar-refractivity contribution in [3.63, 3.8) is 0 Å². The summed E-state index contributed by atoms with van der Waals surface area (Å²) in [4.78, 5) is 34.9. The van der Waals surface area contributed by atoms with Crippen LogP contribution in [-0.4, -0.2) is 39.9 Å². The van der Waals surface area contributed by atoms with E-state index in [-0.39, 0.29) is 11.9 Å². The van der Waals surface area contributed by atoms with Crippen molar-refractivity contribution in [1.29, 1.82) is 0 Å². The summed E-state index contributed by atoms with van der Waals surface area (Å²) in [5.41, 5.74) is 3.15. The third-order valence-corrected chi connectivity index (χ3v) is 4.92. The van der Waals surface area contributed by atoms with Gasteiger partial charge >= 0.3 is 5.97 Å². The zero-order valence-corrected chi connectivity index (χ0v) is 15.5. The predicted octanol–water partition coefficient (Wildman–Crippen LogP) is 3.57. The number of esters is 1. The smallest absolute Gasteiger partial charge is 0.340 e. The minimum absolute atomic E-state index is 0.0356. The molecule has 1 unspecified atom stereocenters. The van der Waals surface area contributed by atoms with Gasteiger partial charge in [-0.15, -0.1) is 0 Å². The van der Waals surface area contributed by atoms with Gasteiger partial charge in [0.15, 0.2) is 0 Å². The van der Waals surface area contributed by atoms with Crippen molar-refractivity contribution in [3.05, 3.63) is 52.6 Å². The van der Waals surface area contributed by atoms with Gasteiger partial charge in [-0.25, -0.2) is 4.79 Å². The van der Waals surface area contributed by atoms with Crippen LogP contribution in [-0.2, 0) is 4.74 Å². The molecule has 2 aromatic heterocycles. The van der Waals surface area contributed by atoms with E-state index in [4.69, 9.17) is 4.74 Å². The first-order valence-corrected chi connectivity index (χ1v) is 9.12. The van der Waals surface area contributed by atoms with Gasteiger partial charge in [-0.1, -0.05) is 6.07 Å². The Balaban J connectivity index is 1.93. The Morgan fingerprint density at radius 3 is 2.81 bits per heavy atom. The highest BCUT2D eigenvalue weighted by molar-refractivity contribution is 6.00. The molecule has 0 bridgehead atoms. The average Bonchev–Trinajstić information content (AvgIpc) is 2.96. The molecule has 3 heterocycles. The first-order chi connectivity index (χ1) is 12.5. The molecule has 0 aromatic carbocycles. The highest BCUT2D eigenvalue weighted by Gasteiger charge is 2.32. The van der Waals surface area contributed by atoms with E-state index in [0.717, 1.165) is 25.0 Å². The van der Waals surface area contributed by atoms with Crippen molar-refractivity contribution < 1.29 is 14.3 Å². The number of nitrogens with one attached hydrogen (secondary N) is 1. The normalized spacial score (nSPS) is 17.2. The molecule has 1 aliphatic rings. The van der Waals surface area contributed by atoms with E-state index in [1.807, 2.05) is 23.1 Å². The molecule has 0 aliphatic carbocycles. The van der Waals surface area contributed by atoms with Gasteiger partial charge in [0.2, 0.25) is 0 Å². The molecule has 6 heteroatoms. The monoisotopic (exact) mass is 355 g/mol. The molecule has 138 valence electrons. The molecule has 6 nitrogen and oxygen atoms in total. The Bertz CT molecular complexity index is 798. The number of ether oxygens (including phenoxy) is 1. The van der Waals surface area contributed by atoms with Crippen LogP contribution in [0.5, 0.6) is 0 Å². The Morgan fingerprint density at radius 1 is 1.31 bits per heavy atom. The molecule has 26 heavy (non-hydrogen) atoms. The molecule has 1 atom stereocenters. The van der Waals surface area contributed by atoms with Crippen LogP contribution in [0.3, 0.4) is 0 Å². The number of piperidine rings is 1. The van der Waals surface area contributed by atoms with Gasteiger partial charge in [0, 0.05) is 18.4 Å². The summed E-state index contributed by atoms with van der Waals surface area (Å²) in [6, 6.07) is 5.75. The van der Waals surface area contributed by atoms with E-state index in [2.05, 4.69) is 9.97 Å². The maximum absolute atomic E-state index is 13.3. The molecule has 0 saturated carbocycles. The van der Waals surface area contributed by atoms with Gasteiger partial charge in [0.25, 0.3) is 5.91 Å². The van der Waals surface area contributed by atoms with Crippen LogP contribution in [0.25, 0.3) is 0 Å². The molecule has 1 N–H and O–H groups in total. The predicted molar refractivity (Wildman–Crippen MR) is 98.1 cm³/mol. The molecule has 2 aromatic rings. The van der Waals surface area contributed by atoms with Gasteiger partial charge < -0.3 is 14.6 Å². The van der Waals surface area contributed by atoms with Crippen molar-refractivity contribution in [2.45, 2.75) is 46.1 Å². The second-order valence-corrected chi connectivity index (χ2v) is 6.61. The fourth-order valence-electron chi connectivity index (χ4n) is 3.67. The standard InChI is InChI=1S/C20H25N3O3/c1-4-26-20(25)17-13(2)18(22-14(17)3)19(24)23-12-8-6-10-16(23)15-9-5-7-11-21-15/h5,7,9,11,16,22H,4,6,8,10,12H2,1-3H3. The fraction of sp³-hybridized carbons (Fsp3) is 0.450. The summed E-state index contributed by atoms with van der Waals surface area (Å²) in [6.07, 6.45) is 4.70. The minimum Gasteiger partial charge on any atom is -0.462 e. The van der Waals surface area contributed by atoms with Crippen LogP contribution >= 0.6 is 0 Å². The van der Waals surface area contributed by atoms with Crippen LogP contribution in [0.1, 0.15) is 70.0 Å². The number of hydrogen-bond acceptors (Lipinski definition) is 4. The first-order valence-electron chi connectivity index (χ1n) is 9.12. The Hall–Kier alpha value is -2.63. The molecule has 0 radical (unpaired) electrons. The zero-order valence-electron chi connectivity index (χ0n) is 15.5. The number of likely N-dealkylation sites (tertiary alicyclic amines) is 1. The van der Waals surface area contributed by atoms with Gasteiger partial charge in [0.1, 0.15) is 5.69 Å². The number of amides is 1. The number of aromatic amines is 1. The third-order valence-electron chi connectivity index (χ3n) is 4.92. The summed E-state index contributed by atoms with van der Waals surface area (Å²) in [5, 5.41) is 0. The van der Waals surface area contributed by atoms with Crippen molar-refractivity contribution in [3.8, 4) is 0 Å². The molecule has 1 saturated heterocycles. The molecule has 1 fully saturated rings. The van der Waals surface area contributed by atoms with E-state index in [1.165, 1.54) is 0 Å². The molecule has 0 spiro atoms. The second kappa shape index (κ2) is 7.72. The first kappa shape index (κ1) is 18.2. The number of carbonyl (C=O) groups is 2. The molecule has 1 aliphatic heterocycles. The number of pyridine rings is 1. The molecule has 1 amide bonds. The molecule has 3 rings (SSSR count). The number of nitrogens with zero attached hydrogens (tertiary/aromatic N) is 2. The van der Waals surface area contributed by atoms with Crippen LogP contribution < -0.4 is 0 Å². The van der Waals surface area contributed by atoms with Crippen LogP contribution in [0.15, 0.2) is 24.4 Å². The van der Waals surface area contributed by atoms with E-state index in [1.54, 1.807) is 27.0 Å². The maximum Gasteiger partial charge on any atom is 0.340 e. The highest BCUT2D eigenvalue weighted by Crippen LogP contribution is 2.32. The van der Waals surface area contributed by atoms with Crippen molar-refractivity contribution in [2.75, 3.05) is 13.2 Å². The summed E-state index contributed by atoms with van der Waals surface area (Å²) in [5.74, 6) is -0.478. The van der Waals surface area contributed by atoms with Crippen LogP contribution in [0.2, 0.25) is 0 Å². The van der Waals surface area contributed by atoms with Crippen LogP contribution in [0, 0.1) is 13.8 Å². The quantitative estimate of drug-likeness (QED) is 0.851. The van der Waals surface area contributed by atoms with Crippen LogP contribution in [0.4, 0.5) is 0 Å². The number of aryl methyl sites for hydroxylation is 1. The lowest BCUT2D eigenvalue weighted by atomic mass is 9.98. The number of H-pyrrole nitrogens is 1. The van der Waals surface area contributed by atoms with Gasteiger partial charge in [-0.2, -0.15) is 0 Å². The SMILES string of the molecule is CCOC(=O)c1c(C)[nH]c(C(=O)N2CCCCC2c2ccccn2)c1C. The topological polar surface area (TPSA) is 75.3 Å². The molecular formula is C20H25N3O3. The minimum atomic E-state index is -0.391. The summed E-state index contributed by atoms with van der Waals surface area (Å²) >= 11 is 0.